The molecule has 104 valence electrons. The lowest BCUT2D eigenvalue weighted by Gasteiger charge is -2.00. The van der Waals surface area contributed by atoms with Gasteiger partial charge in [0.15, 0.2) is 0 Å². The molecular weight excluding hydrogens is 268 g/mol. The standard InChI is InChI=1S/C15H18N4S/c1-3-7-12(8-4-1)13-11-20-15(17-13)19-18-14-9-5-2-6-10-16-14/h1,3-4,7-8,11H,2,5-6,9-10H2,(H,16,18)(H,17,19)/p+1. The van der Waals surface area contributed by atoms with Gasteiger partial charge in [0, 0.05) is 10.9 Å². The van der Waals surface area contributed by atoms with Gasteiger partial charge in [-0.05, 0) is 19.3 Å². The summed E-state index contributed by atoms with van der Waals surface area (Å²) in [6.45, 7) is 1.05. The molecule has 0 saturated carbocycles. The lowest BCUT2D eigenvalue weighted by atomic mass is 10.2. The van der Waals surface area contributed by atoms with Crippen LogP contribution in [0.3, 0.4) is 0 Å². The quantitative estimate of drug-likeness (QED) is 0.754. The van der Waals surface area contributed by atoms with Gasteiger partial charge in [0.05, 0.1) is 18.7 Å². The maximum Gasteiger partial charge on any atom is 0.265 e. The minimum atomic E-state index is 0.891. The Balaban J connectivity index is 1.61. The van der Waals surface area contributed by atoms with E-state index in [1.807, 2.05) is 18.2 Å². The zero-order chi connectivity index (χ0) is 13.6. The molecule has 2 heterocycles. The van der Waals surface area contributed by atoms with E-state index in [-0.39, 0.29) is 0 Å². The van der Waals surface area contributed by atoms with Gasteiger partial charge in [-0.1, -0.05) is 30.3 Å². The maximum atomic E-state index is 4.59. The molecule has 3 rings (SSSR count). The molecule has 5 heteroatoms. The number of hydrazine groups is 1. The fraction of sp³-hybridized carbons (Fsp3) is 0.333. The molecule has 1 aliphatic heterocycles. The van der Waals surface area contributed by atoms with Crippen LogP contribution < -0.4 is 15.8 Å². The van der Waals surface area contributed by atoms with Crippen LogP contribution in [0.4, 0.5) is 5.13 Å². The van der Waals surface area contributed by atoms with Crippen molar-refractivity contribution in [3.05, 3.63) is 35.7 Å². The highest BCUT2D eigenvalue weighted by Crippen LogP contribution is 2.23. The molecule has 1 aromatic heterocycles. The van der Waals surface area contributed by atoms with E-state index >= 15 is 0 Å². The smallest absolute Gasteiger partial charge is 0.265 e. The van der Waals surface area contributed by atoms with E-state index in [0.29, 0.717) is 0 Å². The molecule has 4 nitrogen and oxygen atoms in total. The van der Waals surface area contributed by atoms with Crippen LogP contribution >= 0.6 is 11.3 Å². The van der Waals surface area contributed by atoms with Crippen molar-refractivity contribution in [1.82, 2.24) is 10.4 Å². The molecular formula is C15H19N4S+. The zero-order valence-corrected chi connectivity index (χ0v) is 12.2. The third-order valence-electron chi connectivity index (χ3n) is 3.34. The first-order valence-electron chi connectivity index (χ1n) is 7.04. The van der Waals surface area contributed by atoms with Crippen molar-refractivity contribution in [3.63, 3.8) is 0 Å². The Morgan fingerprint density at radius 3 is 2.85 bits per heavy atom. The SMILES string of the molecule is c1ccc(-c2csc(NNC3=[NH+]CCCCC3)n2)cc1. The highest BCUT2D eigenvalue weighted by atomic mass is 32.1. The molecule has 0 saturated heterocycles. The summed E-state index contributed by atoms with van der Waals surface area (Å²) < 4.78 is 0. The Morgan fingerprint density at radius 1 is 1.05 bits per heavy atom. The van der Waals surface area contributed by atoms with Crippen LogP contribution in [0.2, 0.25) is 0 Å². The molecule has 20 heavy (non-hydrogen) atoms. The van der Waals surface area contributed by atoms with E-state index in [1.165, 1.54) is 25.1 Å². The Kier molecular flexibility index (Phi) is 4.28. The summed E-state index contributed by atoms with van der Waals surface area (Å²) in [7, 11) is 0. The summed E-state index contributed by atoms with van der Waals surface area (Å²) >= 11 is 1.61. The number of aromatic nitrogens is 1. The summed E-state index contributed by atoms with van der Waals surface area (Å²) in [5, 5.41) is 2.97. The number of hydrogen-bond acceptors (Lipinski definition) is 4. The summed E-state index contributed by atoms with van der Waals surface area (Å²) in [4.78, 5) is 8.00. The van der Waals surface area contributed by atoms with E-state index in [4.69, 9.17) is 0 Å². The Labute approximate surface area is 122 Å². The van der Waals surface area contributed by atoms with Crippen LogP contribution in [0.15, 0.2) is 35.7 Å². The molecule has 0 spiro atoms. The number of benzene rings is 1. The molecule has 0 amide bonds. The Morgan fingerprint density at radius 2 is 1.95 bits per heavy atom. The monoisotopic (exact) mass is 287 g/mol. The lowest BCUT2D eigenvalue weighted by molar-refractivity contribution is -0.459. The number of anilines is 1. The van der Waals surface area contributed by atoms with E-state index in [0.717, 1.165) is 29.4 Å². The number of amidine groups is 1. The third kappa shape index (κ3) is 3.36. The molecule has 0 radical (unpaired) electrons. The predicted octanol–water partition coefficient (Wildman–Crippen LogP) is 1.78. The minimum Gasteiger partial charge on any atom is -0.277 e. The molecule has 0 atom stereocenters. The van der Waals surface area contributed by atoms with Gasteiger partial charge in [-0.15, -0.1) is 11.3 Å². The molecule has 1 aromatic carbocycles. The van der Waals surface area contributed by atoms with Crippen molar-refractivity contribution in [2.75, 3.05) is 12.0 Å². The topological polar surface area (TPSA) is 50.9 Å². The lowest BCUT2D eigenvalue weighted by Crippen LogP contribution is -2.76. The number of nitrogens with one attached hydrogen (secondary N) is 3. The number of rotatable bonds is 3. The number of hydrogen-bond donors (Lipinski definition) is 3. The van der Waals surface area contributed by atoms with Gasteiger partial charge in [-0.3, -0.25) is 4.99 Å². The first-order chi connectivity index (χ1) is 9.92. The maximum absolute atomic E-state index is 4.59. The van der Waals surface area contributed by atoms with Gasteiger partial charge in [0.1, 0.15) is 0 Å². The molecule has 2 aromatic rings. The first-order valence-corrected chi connectivity index (χ1v) is 7.92. The fourth-order valence-corrected chi connectivity index (χ4v) is 2.91. The highest BCUT2D eigenvalue weighted by molar-refractivity contribution is 7.14. The molecule has 0 unspecified atom stereocenters. The second kappa shape index (κ2) is 6.52. The average Bonchev–Trinajstić information content (AvgIpc) is 2.82. The van der Waals surface area contributed by atoms with Gasteiger partial charge >= 0.3 is 0 Å². The summed E-state index contributed by atoms with van der Waals surface area (Å²) in [6.07, 6.45) is 4.86. The molecule has 1 aliphatic rings. The van der Waals surface area contributed by atoms with Crippen LogP contribution in [0, 0.1) is 0 Å². The highest BCUT2D eigenvalue weighted by Gasteiger charge is 2.11. The van der Waals surface area contributed by atoms with Crippen molar-refractivity contribution >= 4 is 22.3 Å². The van der Waals surface area contributed by atoms with E-state index in [9.17, 15) is 0 Å². The van der Waals surface area contributed by atoms with Crippen LogP contribution in [0.1, 0.15) is 25.7 Å². The van der Waals surface area contributed by atoms with Crippen molar-refractivity contribution in [3.8, 4) is 11.3 Å². The van der Waals surface area contributed by atoms with Crippen LogP contribution in [-0.2, 0) is 0 Å². The molecule has 0 fully saturated rings. The Hall–Kier alpha value is -1.88. The first kappa shape index (κ1) is 13.1. The van der Waals surface area contributed by atoms with Gasteiger partial charge in [0.2, 0.25) is 5.13 Å². The summed E-state index contributed by atoms with van der Waals surface area (Å²) in [5.41, 5.74) is 8.60. The minimum absolute atomic E-state index is 0.891. The van der Waals surface area contributed by atoms with Gasteiger partial charge in [0.25, 0.3) is 5.84 Å². The normalized spacial score (nSPS) is 15.3. The van der Waals surface area contributed by atoms with Crippen LogP contribution in [0.5, 0.6) is 0 Å². The van der Waals surface area contributed by atoms with Gasteiger partial charge < -0.3 is 0 Å². The van der Waals surface area contributed by atoms with E-state index < -0.39 is 0 Å². The van der Waals surface area contributed by atoms with Crippen molar-refractivity contribution in [1.29, 1.82) is 0 Å². The van der Waals surface area contributed by atoms with Gasteiger partial charge in [-0.25, -0.2) is 10.4 Å². The second-order valence-corrected chi connectivity index (χ2v) is 5.73. The predicted molar refractivity (Wildman–Crippen MR) is 83.6 cm³/mol. The van der Waals surface area contributed by atoms with Crippen molar-refractivity contribution in [2.24, 2.45) is 0 Å². The van der Waals surface area contributed by atoms with Crippen molar-refractivity contribution < 1.29 is 4.99 Å². The number of thiazole rings is 1. The van der Waals surface area contributed by atoms with Crippen molar-refractivity contribution in [2.45, 2.75) is 25.7 Å². The number of nitrogens with zero attached hydrogens (tertiary/aromatic N) is 1. The largest absolute Gasteiger partial charge is 0.277 e. The third-order valence-corrected chi connectivity index (χ3v) is 4.09. The van der Waals surface area contributed by atoms with E-state index in [1.54, 1.807) is 11.3 Å². The Bertz CT molecular complexity index is 577. The summed E-state index contributed by atoms with van der Waals surface area (Å²) in [5.74, 6) is 1.17. The molecule has 0 bridgehead atoms. The van der Waals surface area contributed by atoms with Gasteiger partial charge in [-0.2, -0.15) is 5.43 Å². The molecule has 3 N–H and O–H groups in total. The fourth-order valence-electron chi connectivity index (χ4n) is 2.24. The molecule has 0 aliphatic carbocycles. The van der Waals surface area contributed by atoms with Crippen LogP contribution in [0.25, 0.3) is 11.3 Å². The van der Waals surface area contributed by atoms with Crippen LogP contribution in [-0.4, -0.2) is 17.4 Å². The zero-order valence-electron chi connectivity index (χ0n) is 11.4. The second-order valence-electron chi connectivity index (χ2n) is 4.87. The average molecular weight is 287 g/mol. The van der Waals surface area contributed by atoms with E-state index in [2.05, 4.69) is 38.3 Å². The summed E-state index contributed by atoms with van der Waals surface area (Å²) in [6, 6.07) is 10.2.